The van der Waals surface area contributed by atoms with Crippen molar-refractivity contribution in [1.29, 1.82) is 0 Å². The van der Waals surface area contributed by atoms with Gasteiger partial charge in [-0.1, -0.05) is 19.4 Å². The number of ether oxygens (including phenoxy) is 2. The number of halogens is 1. The Morgan fingerprint density at radius 2 is 2.19 bits per heavy atom. The predicted octanol–water partition coefficient (Wildman–Crippen LogP) is 3.64. The molecule has 0 bridgehead atoms. The molecule has 0 aromatic heterocycles. The van der Waals surface area contributed by atoms with E-state index in [4.69, 9.17) is 9.47 Å². The molecule has 0 saturated carbocycles. The number of methoxy groups -OCH3 is 1. The van der Waals surface area contributed by atoms with Crippen LogP contribution in [0.3, 0.4) is 0 Å². The minimum absolute atomic E-state index is 0. The monoisotopic (exact) mass is 311 g/mol. The highest BCUT2D eigenvalue weighted by atomic mass is 35.5. The topological polar surface area (TPSA) is 21.7 Å². The Balaban J connectivity index is 0.00000161. The first-order chi connectivity index (χ1) is 9.76. The second kappa shape index (κ2) is 6.89. The van der Waals surface area contributed by atoms with Gasteiger partial charge in [0.15, 0.2) is 11.5 Å². The van der Waals surface area contributed by atoms with Gasteiger partial charge in [-0.05, 0) is 44.5 Å². The number of benzene rings is 1. The summed E-state index contributed by atoms with van der Waals surface area (Å²) in [5.74, 6) is 2.51. The molecule has 0 radical (unpaired) electrons. The van der Waals surface area contributed by atoms with Crippen molar-refractivity contribution in [1.82, 2.24) is 4.90 Å². The zero-order valence-corrected chi connectivity index (χ0v) is 14.0. The summed E-state index contributed by atoms with van der Waals surface area (Å²) >= 11 is 0. The largest absolute Gasteiger partial charge is 0.493 e. The molecule has 0 amide bonds. The van der Waals surface area contributed by atoms with Crippen molar-refractivity contribution < 1.29 is 9.47 Å². The number of hydrogen-bond acceptors (Lipinski definition) is 3. The average Bonchev–Trinajstić information content (AvgIpc) is 2.47. The molecule has 3 rings (SSSR count). The van der Waals surface area contributed by atoms with Crippen LogP contribution in [0.1, 0.15) is 43.2 Å². The van der Waals surface area contributed by atoms with E-state index in [1.54, 1.807) is 7.11 Å². The van der Waals surface area contributed by atoms with Crippen molar-refractivity contribution in [2.45, 2.75) is 44.6 Å². The van der Waals surface area contributed by atoms with Crippen LogP contribution in [0.4, 0.5) is 0 Å². The van der Waals surface area contributed by atoms with Crippen LogP contribution >= 0.6 is 12.4 Å². The summed E-state index contributed by atoms with van der Waals surface area (Å²) in [5, 5.41) is 0. The van der Waals surface area contributed by atoms with E-state index in [1.807, 2.05) is 0 Å². The molecule has 3 nitrogen and oxygen atoms in total. The summed E-state index contributed by atoms with van der Waals surface area (Å²) in [7, 11) is 3.96. The number of likely N-dealkylation sites (tertiary alicyclic amines) is 1. The fourth-order valence-corrected chi connectivity index (χ4v) is 3.80. The molecule has 0 spiro atoms. The number of aryl methyl sites for hydroxylation is 1. The first kappa shape index (κ1) is 16.4. The minimum Gasteiger partial charge on any atom is -0.493 e. The van der Waals surface area contributed by atoms with Crippen LogP contribution in [0, 0.1) is 0 Å². The van der Waals surface area contributed by atoms with E-state index in [1.165, 1.54) is 36.9 Å². The number of rotatable bonds is 3. The van der Waals surface area contributed by atoms with Gasteiger partial charge in [-0.3, -0.25) is 4.90 Å². The molecule has 0 N–H and O–H groups in total. The third kappa shape index (κ3) is 2.86. The van der Waals surface area contributed by atoms with E-state index < -0.39 is 0 Å². The van der Waals surface area contributed by atoms with Crippen molar-refractivity contribution in [3.8, 4) is 11.5 Å². The number of likely N-dealkylation sites (N-methyl/N-ethyl adjacent to an activating group) is 1. The minimum atomic E-state index is 0. The van der Waals surface area contributed by atoms with Crippen molar-refractivity contribution in [3.05, 3.63) is 23.3 Å². The molecule has 1 aromatic carbocycles. The third-order valence-corrected chi connectivity index (χ3v) is 4.82. The van der Waals surface area contributed by atoms with Gasteiger partial charge in [-0.15, -0.1) is 12.4 Å². The standard InChI is InChI=1S/C17H25NO2.ClH/c1-4-6-12-8-9-15(19-3)17-16(12)13-7-5-10-18(2)14(13)11-20-17;/h8-9,13-14H,4-7,10-11H2,1-3H3;1H. The summed E-state index contributed by atoms with van der Waals surface area (Å²) in [4.78, 5) is 2.46. The normalized spacial score (nSPS) is 24.3. The van der Waals surface area contributed by atoms with E-state index in [2.05, 4.69) is 31.0 Å². The van der Waals surface area contributed by atoms with Crippen LogP contribution in [0.2, 0.25) is 0 Å². The van der Waals surface area contributed by atoms with Gasteiger partial charge in [0.25, 0.3) is 0 Å². The van der Waals surface area contributed by atoms with Gasteiger partial charge in [-0.2, -0.15) is 0 Å². The van der Waals surface area contributed by atoms with Crippen LogP contribution in [-0.2, 0) is 6.42 Å². The maximum Gasteiger partial charge on any atom is 0.165 e. The molecule has 118 valence electrons. The summed E-state index contributed by atoms with van der Waals surface area (Å²) < 4.78 is 11.6. The summed E-state index contributed by atoms with van der Waals surface area (Å²) in [6.07, 6.45) is 4.85. The smallest absolute Gasteiger partial charge is 0.165 e. The van der Waals surface area contributed by atoms with E-state index in [0.29, 0.717) is 12.0 Å². The van der Waals surface area contributed by atoms with Crippen LogP contribution in [0.15, 0.2) is 12.1 Å². The van der Waals surface area contributed by atoms with E-state index in [-0.39, 0.29) is 12.4 Å². The second-order valence-corrected chi connectivity index (χ2v) is 6.03. The quantitative estimate of drug-likeness (QED) is 0.850. The molecular formula is C17H26ClNO2. The van der Waals surface area contributed by atoms with E-state index in [9.17, 15) is 0 Å². The molecular weight excluding hydrogens is 286 g/mol. The number of nitrogens with zero attached hydrogens (tertiary/aromatic N) is 1. The summed E-state index contributed by atoms with van der Waals surface area (Å²) in [6, 6.07) is 4.83. The van der Waals surface area contributed by atoms with E-state index >= 15 is 0 Å². The third-order valence-electron chi connectivity index (χ3n) is 4.82. The van der Waals surface area contributed by atoms with Gasteiger partial charge >= 0.3 is 0 Å². The lowest BCUT2D eigenvalue weighted by atomic mass is 9.79. The first-order valence-corrected chi connectivity index (χ1v) is 7.79. The van der Waals surface area contributed by atoms with Crippen molar-refractivity contribution in [3.63, 3.8) is 0 Å². The zero-order chi connectivity index (χ0) is 14.1. The number of piperidine rings is 1. The van der Waals surface area contributed by atoms with Crippen LogP contribution in [-0.4, -0.2) is 38.3 Å². The maximum atomic E-state index is 6.11. The van der Waals surface area contributed by atoms with Gasteiger partial charge in [0.05, 0.1) is 13.2 Å². The molecule has 4 heteroatoms. The molecule has 0 aliphatic carbocycles. The van der Waals surface area contributed by atoms with Crippen LogP contribution in [0.25, 0.3) is 0 Å². The Hall–Kier alpha value is -0.930. The Kier molecular flexibility index (Phi) is 5.39. The van der Waals surface area contributed by atoms with E-state index in [0.717, 1.165) is 24.5 Å². The number of hydrogen-bond donors (Lipinski definition) is 0. The molecule has 1 fully saturated rings. The molecule has 1 saturated heterocycles. The highest BCUT2D eigenvalue weighted by Crippen LogP contribution is 2.47. The molecule has 21 heavy (non-hydrogen) atoms. The molecule has 2 aliphatic heterocycles. The summed E-state index contributed by atoms with van der Waals surface area (Å²) in [5.41, 5.74) is 2.88. The fourth-order valence-electron chi connectivity index (χ4n) is 3.80. The van der Waals surface area contributed by atoms with Gasteiger partial charge in [-0.25, -0.2) is 0 Å². The zero-order valence-electron chi connectivity index (χ0n) is 13.2. The van der Waals surface area contributed by atoms with Gasteiger partial charge < -0.3 is 9.47 Å². The molecule has 2 heterocycles. The van der Waals surface area contributed by atoms with Crippen molar-refractivity contribution in [2.75, 3.05) is 27.3 Å². The number of fused-ring (bicyclic) bond motifs is 3. The van der Waals surface area contributed by atoms with Gasteiger partial charge in [0, 0.05) is 11.5 Å². The van der Waals surface area contributed by atoms with Crippen molar-refractivity contribution >= 4 is 12.4 Å². The van der Waals surface area contributed by atoms with Gasteiger partial charge in [0.2, 0.25) is 0 Å². The molecule has 1 aromatic rings. The Labute approximate surface area is 134 Å². The molecule has 2 aliphatic rings. The predicted molar refractivity (Wildman–Crippen MR) is 88.1 cm³/mol. The molecule has 2 unspecified atom stereocenters. The maximum absolute atomic E-state index is 6.11. The van der Waals surface area contributed by atoms with Crippen LogP contribution < -0.4 is 9.47 Å². The fraction of sp³-hybridized carbons (Fsp3) is 0.647. The first-order valence-electron chi connectivity index (χ1n) is 7.79. The Bertz CT molecular complexity index is 492. The highest BCUT2D eigenvalue weighted by molar-refractivity contribution is 5.85. The van der Waals surface area contributed by atoms with Crippen molar-refractivity contribution in [2.24, 2.45) is 0 Å². The van der Waals surface area contributed by atoms with Gasteiger partial charge in [0.1, 0.15) is 6.61 Å². The highest BCUT2D eigenvalue weighted by Gasteiger charge is 2.38. The van der Waals surface area contributed by atoms with Crippen LogP contribution in [0.5, 0.6) is 11.5 Å². The lowest BCUT2D eigenvalue weighted by Gasteiger charge is -2.43. The SMILES string of the molecule is CCCc1ccc(OC)c2c1C1CCCN(C)C1CO2.Cl. The lowest BCUT2D eigenvalue weighted by molar-refractivity contribution is 0.0842. The Morgan fingerprint density at radius 1 is 1.38 bits per heavy atom. The lowest BCUT2D eigenvalue weighted by Crippen LogP contribution is -2.47. The summed E-state index contributed by atoms with van der Waals surface area (Å²) in [6.45, 7) is 4.22. The average molecular weight is 312 g/mol. The molecule has 2 atom stereocenters. The Morgan fingerprint density at radius 3 is 2.90 bits per heavy atom. The second-order valence-electron chi connectivity index (χ2n) is 6.03.